The van der Waals surface area contributed by atoms with Crippen LogP contribution >= 0.6 is 0 Å². The highest BCUT2D eigenvalue weighted by Crippen LogP contribution is 2.56. The van der Waals surface area contributed by atoms with Gasteiger partial charge in [-0.05, 0) is 55.2 Å². The van der Waals surface area contributed by atoms with Gasteiger partial charge in [0.15, 0.2) is 0 Å². The van der Waals surface area contributed by atoms with Crippen LogP contribution in [-0.4, -0.2) is 18.7 Å². The fraction of sp³-hybridized carbons (Fsp3) is 0.286. The molecule has 4 nitrogen and oxygen atoms in total. The van der Waals surface area contributed by atoms with Gasteiger partial charge in [0.25, 0.3) is 5.91 Å². The molecule has 1 aliphatic heterocycles. The Balaban J connectivity index is 1.65. The lowest BCUT2D eigenvalue weighted by Crippen LogP contribution is -2.71. The minimum absolute atomic E-state index is 0.0678. The number of fused-ring (bicyclic) bond motifs is 3. The average molecular weight is 332 g/mol. The number of para-hydroxylation sites is 1. The second-order valence-corrected chi connectivity index (χ2v) is 7.09. The molecule has 2 aliphatic carbocycles. The van der Waals surface area contributed by atoms with E-state index in [0.717, 1.165) is 35.5 Å². The average Bonchev–Trinajstić information content (AvgIpc) is 3.04. The van der Waals surface area contributed by atoms with Crippen molar-refractivity contribution in [2.75, 3.05) is 17.3 Å². The summed E-state index contributed by atoms with van der Waals surface area (Å²) in [6.45, 7) is 0. The summed E-state index contributed by atoms with van der Waals surface area (Å²) in [5.41, 5.74) is 2.22. The second-order valence-electron chi connectivity index (χ2n) is 7.09. The van der Waals surface area contributed by atoms with E-state index in [0.29, 0.717) is 11.8 Å². The first-order valence-corrected chi connectivity index (χ1v) is 8.75. The van der Waals surface area contributed by atoms with Crippen LogP contribution in [0.15, 0.2) is 60.7 Å². The van der Waals surface area contributed by atoms with Gasteiger partial charge in [-0.15, -0.1) is 0 Å². The molecule has 1 heterocycles. The molecule has 0 radical (unpaired) electrons. The fourth-order valence-electron chi connectivity index (χ4n) is 4.66. The third kappa shape index (κ3) is 1.91. The number of nitrogens with one attached hydrogen (secondary N) is 1. The predicted octanol–water partition coefficient (Wildman–Crippen LogP) is 4.06. The molecule has 0 aromatic heterocycles. The molecule has 0 saturated heterocycles. The van der Waals surface area contributed by atoms with Crippen molar-refractivity contribution in [3.05, 3.63) is 66.2 Å². The van der Waals surface area contributed by atoms with Gasteiger partial charge in [-0.1, -0.05) is 24.3 Å². The highest BCUT2D eigenvalue weighted by Gasteiger charge is 2.61. The monoisotopic (exact) mass is 332 g/mol. The third-order valence-corrected chi connectivity index (χ3v) is 5.86. The molecular formula is C21H20N2O2. The first-order valence-electron chi connectivity index (χ1n) is 8.75. The summed E-state index contributed by atoms with van der Waals surface area (Å²) in [6, 6.07) is 15.6. The molecule has 25 heavy (non-hydrogen) atoms. The van der Waals surface area contributed by atoms with Crippen LogP contribution in [0.3, 0.4) is 0 Å². The van der Waals surface area contributed by atoms with Gasteiger partial charge in [-0.2, -0.15) is 0 Å². The molecule has 5 rings (SSSR count). The van der Waals surface area contributed by atoms with Crippen LogP contribution in [0.5, 0.6) is 5.75 Å². The molecule has 2 aromatic carbocycles. The van der Waals surface area contributed by atoms with Gasteiger partial charge in [0, 0.05) is 17.3 Å². The smallest absolute Gasteiger partial charge is 0.262 e. The second kappa shape index (κ2) is 5.12. The molecular weight excluding hydrogens is 312 g/mol. The summed E-state index contributed by atoms with van der Waals surface area (Å²) in [6.07, 6.45) is 6.61. The molecule has 0 bridgehead atoms. The Morgan fingerprint density at radius 3 is 2.72 bits per heavy atom. The molecule has 3 atom stereocenters. The lowest BCUT2D eigenvalue weighted by atomic mass is 9.63. The number of hydrogen-bond donors (Lipinski definition) is 1. The topological polar surface area (TPSA) is 41.6 Å². The maximum absolute atomic E-state index is 13.4. The van der Waals surface area contributed by atoms with Crippen LogP contribution in [0.25, 0.3) is 0 Å². The number of ether oxygens (including phenoxy) is 1. The van der Waals surface area contributed by atoms with Crippen molar-refractivity contribution in [3.63, 3.8) is 0 Å². The zero-order valence-corrected chi connectivity index (χ0v) is 14.1. The highest BCUT2D eigenvalue weighted by atomic mass is 16.5. The normalized spacial score (nSPS) is 29.0. The zero-order chi connectivity index (χ0) is 17.0. The number of anilines is 2. The summed E-state index contributed by atoms with van der Waals surface area (Å²) in [4.78, 5) is 15.4. The molecule has 3 aliphatic rings. The van der Waals surface area contributed by atoms with E-state index in [-0.39, 0.29) is 11.6 Å². The number of allylic oxidation sites excluding steroid dienone is 1. The van der Waals surface area contributed by atoms with Crippen molar-refractivity contribution < 1.29 is 9.53 Å². The standard InChI is InChI=1S/C21H20N2O2/c1-25-16-11-9-15(10-12-16)23-20(24)17-6-2-3-8-19(17)22-21(23)13-14-5-4-7-18(14)21/h2-4,6-12,14,18,22H,5,13H2,1H3/t14-,18-,21+/m0/s1. The fourth-order valence-corrected chi connectivity index (χ4v) is 4.66. The van der Waals surface area contributed by atoms with E-state index in [4.69, 9.17) is 4.74 Å². The SMILES string of the molecule is COc1ccc(N2C(=O)c3ccccc3N[C@]23C[C@@H]2CC=C[C@@H]23)cc1. The van der Waals surface area contributed by atoms with Gasteiger partial charge < -0.3 is 10.1 Å². The Morgan fingerprint density at radius 2 is 1.96 bits per heavy atom. The van der Waals surface area contributed by atoms with E-state index < -0.39 is 0 Å². The van der Waals surface area contributed by atoms with Crippen LogP contribution in [0.1, 0.15) is 23.2 Å². The Bertz CT molecular complexity index is 874. The van der Waals surface area contributed by atoms with Crippen LogP contribution in [0.2, 0.25) is 0 Å². The Morgan fingerprint density at radius 1 is 1.16 bits per heavy atom. The largest absolute Gasteiger partial charge is 0.497 e. The highest BCUT2D eigenvalue weighted by molar-refractivity contribution is 6.13. The minimum Gasteiger partial charge on any atom is -0.497 e. The first-order chi connectivity index (χ1) is 12.2. The van der Waals surface area contributed by atoms with Crippen LogP contribution < -0.4 is 15.0 Å². The van der Waals surface area contributed by atoms with Gasteiger partial charge >= 0.3 is 0 Å². The maximum atomic E-state index is 13.4. The van der Waals surface area contributed by atoms with Crippen molar-refractivity contribution in [2.24, 2.45) is 11.8 Å². The molecule has 1 fully saturated rings. The number of nitrogens with zero attached hydrogens (tertiary/aromatic N) is 1. The van der Waals surface area contributed by atoms with Crippen LogP contribution in [-0.2, 0) is 0 Å². The molecule has 1 spiro atoms. The quantitative estimate of drug-likeness (QED) is 0.843. The zero-order valence-electron chi connectivity index (χ0n) is 14.1. The number of carbonyl (C=O) groups is 1. The van der Waals surface area contributed by atoms with Crippen molar-refractivity contribution in [2.45, 2.75) is 18.5 Å². The Hall–Kier alpha value is -2.75. The lowest BCUT2D eigenvalue weighted by molar-refractivity contribution is 0.0725. The van der Waals surface area contributed by atoms with Gasteiger partial charge in [0.2, 0.25) is 0 Å². The van der Waals surface area contributed by atoms with E-state index in [9.17, 15) is 4.79 Å². The minimum atomic E-state index is -0.363. The number of methoxy groups -OCH3 is 1. The maximum Gasteiger partial charge on any atom is 0.262 e. The summed E-state index contributed by atoms with van der Waals surface area (Å²) >= 11 is 0. The van der Waals surface area contributed by atoms with Crippen LogP contribution in [0.4, 0.5) is 11.4 Å². The van der Waals surface area contributed by atoms with Gasteiger partial charge in [-0.3, -0.25) is 9.69 Å². The van der Waals surface area contributed by atoms with E-state index >= 15 is 0 Å². The molecule has 1 amide bonds. The lowest BCUT2D eigenvalue weighted by Gasteiger charge is -2.60. The van der Waals surface area contributed by atoms with Crippen molar-refractivity contribution in [3.8, 4) is 5.75 Å². The molecule has 1 saturated carbocycles. The molecule has 126 valence electrons. The predicted molar refractivity (Wildman–Crippen MR) is 98.0 cm³/mol. The first kappa shape index (κ1) is 14.6. The van der Waals surface area contributed by atoms with Gasteiger partial charge in [0.1, 0.15) is 11.4 Å². The number of rotatable bonds is 2. The molecule has 1 N–H and O–H groups in total. The number of amides is 1. The van der Waals surface area contributed by atoms with E-state index in [1.54, 1.807) is 7.11 Å². The summed E-state index contributed by atoms with van der Waals surface area (Å²) in [5.74, 6) is 1.85. The Labute approximate surface area is 147 Å². The van der Waals surface area contributed by atoms with E-state index in [1.807, 2.05) is 53.4 Å². The number of carbonyl (C=O) groups excluding carboxylic acids is 1. The van der Waals surface area contributed by atoms with Crippen molar-refractivity contribution in [1.29, 1.82) is 0 Å². The van der Waals surface area contributed by atoms with Crippen molar-refractivity contribution >= 4 is 17.3 Å². The summed E-state index contributed by atoms with van der Waals surface area (Å²) < 4.78 is 5.27. The Kier molecular flexibility index (Phi) is 2.99. The van der Waals surface area contributed by atoms with Gasteiger partial charge in [0.05, 0.1) is 12.7 Å². The molecule has 4 heteroatoms. The molecule has 2 aromatic rings. The number of hydrogen-bond acceptors (Lipinski definition) is 3. The van der Waals surface area contributed by atoms with Crippen molar-refractivity contribution in [1.82, 2.24) is 0 Å². The number of benzene rings is 2. The van der Waals surface area contributed by atoms with Gasteiger partial charge in [-0.25, -0.2) is 0 Å². The summed E-state index contributed by atoms with van der Waals surface area (Å²) in [5, 5.41) is 3.71. The summed E-state index contributed by atoms with van der Waals surface area (Å²) in [7, 11) is 1.65. The van der Waals surface area contributed by atoms with E-state index in [2.05, 4.69) is 17.5 Å². The van der Waals surface area contributed by atoms with Crippen LogP contribution in [0, 0.1) is 11.8 Å². The third-order valence-electron chi connectivity index (χ3n) is 5.86. The van der Waals surface area contributed by atoms with E-state index in [1.165, 1.54) is 0 Å². The molecule has 0 unspecified atom stereocenters.